The van der Waals surface area contributed by atoms with Gasteiger partial charge in [-0.3, -0.25) is 0 Å². The third kappa shape index (κ3) is 2.19. The molecule has 1 aromatic carbocycles. The van der Waals surface area contributed by atoms with Crippen molar-refractivity contribution < 1.29 is 14.0 Å². The van der Waals surface area contributed by atoms with Gasteiger partial charge >= 0.3 is 7.12 Å². The van der Waals surface area contributed by atoms with Gasteiger partial charge in [0.1, 0.15) is 5.75 Å². The van der Waals surface area contributed by atoms with Gasteiger partial charge in [-0.25, -0.2) is 0 Å². The van der Waals surface area contributed by atoms with Crippen molar-refractivity contribution in [3.05, 3.63) is 29.8 Å². The summed E-state index contributed by atoms with van der Waals surface area (Å²) in [6.45, 7) is 7.73. The Balaban J connectivity index is 1.30. The standard InChI is InChI=1S/C20H28BNO3/c1-19(2)13-9-16(19)20(3)17(10-13)24-21(25-20)18(22)8-12-11-23-15-7-5-4-6-14(12)15/h4-7,12-13,16-18H,8-11,22H2,1-3H3/t12-,13+,16+,17-,18+,20+/m1/s1. The van der Waals surface area contributed by atoms with Gasteiger partial charge in [-0.1, -0.05) is 32.0 Å². The fourth-order valence-electron chi connectivity index (χ4n) is 5.95. The molecule has 0 spiro atoms. The highest BCUT2D eigenvalue weighted by atomic mass is 16.7. The highest BCUT2D eigenvalue weighted by Gasteiger charge is 2.68. The number of ether oxygens (including phenoxy) is 1. The summed E-state index contributed by atoms with van der Waals surface area (Å²) in [5.41, 5.74) is 8.01. The van der Waals surface area contributed by atoms with E-state index in [0.29, 0.717) is 23.9 Å². The van der Waals surface area contributed by atoms with Crippen LogP contribution in [-0.2, 0) is 9.31 Å². The molecule has 2 N–H and O–H groups in total. The predicted molar refractivity (Wildman–Crippen MR) is 97.4 cm³/mol. The maximum Gasteiger partial charge on any atom is 0.475 e. The SMILES string of the molecule is CC1(C)[C@@H]2C[C@H]3OB([C@@H](N)C[C@@H]4COc5ccccc54)O[C@@]3(C)[C@H]1C2. The van der Waals surface area contributed by atoms with E-state index < -0.39 is 0 Å². The molecular weight excluding hydrogens is 313 g/mol. The molecule has 5 aliphatic rings. The Bertz CT molecular complexity index is 695. The van der Waals surface area contributed by atoms with Crippen LogP contribution >= 0.6 is 0 Å². The quantitative estimate of drug-likeness (QED) is 0.858. The fraction of sp³-hybridized carbons (Fsp3) is 0.700. The van der Waals surface area contributed by atoms with E-state index in [0.717, 1.165) is 24.5 Å². The highest BCUT2D eigenvalue weighted by Crippen LogP contribution is 2.65. The Labute approximate surface area is 150 Å². The smallest absolute Gasteiger partial charge is 0.475 e. The molecule has 0 unspecified atom stereocenters. The lowest BCUT2D eigenvalue weighted by molar-refractivity contribution is -0.199. The molecule has 25 heavy (non-hydrogen) atoms. The van der Waals surface area contributed by atoms with Gasteiger partial charge in [-0.05, 0) is 49.5 Å². The number of hydrogen-bond donors (Lipinski definition) is 1. The lowest BCUT2D eigenvalue weighted by atomic mass is 9.43. The molecule has 1 aromatic rings. The molecule has 134 valence electrons. The van der Waals surface area contributed by atoms with Crippen LogP contribution in [0.25, 0.3) is 0 Å². The molecule has 2 bridgehead atoms. The average Bonchev–Trinajstić information content (AvgIpc) is 3.15. The van der Waals surface area contributed by atoms with E-state index in [-0.39, 0.29) is 24.8 Å². The second-order valence-electron chi connectivity index (χ2n) is 9.28. The van der Waals surface area contributed by atoms with Crippen LogP contribution in [0.15, 0.2) is 24.3 Å². The van der Waals surface area contributed by atoms with Gasteiger partial charge in [0.2, 0.25) is 0 Å². The van der Waals surface area contributed by atoms with Crippen LogP contribution in [0.4, 0.5) is 0 Å². The van der Waals surface area contributed by atoms with Crippen molar-refractivity contribution in [2.24, 2.45) is 23.0 Å². The highest BCUT2D eigenvalue weighted by molar-refractivity contribution is 6.47. The minimum Gasteiger partial charge on any atom is -0.493 e. The molecule has 0 aromatic heterocycles. The van der Waals surface area contributed by atoms with E-state index in [1.807, 2.05) is 12.1 Å². The molecule has 0 radical (unpaired) electrons. The molecular formula is C20H28BNO3. The average molecular weight is 341 g/mol. The first-order valence-electron chi connectivity index (χ1n) is 9.70. The van der Waals surface area contributed by atoms with E-state index in [4.69, 9.17) is 19.8 Å². The molecule has 4 fully saturated rings. The molecule has 2 aliphatic heterocycles. The van der Waals surface area contributed by atoms with Gasteiger partial charge in [0.15, 0.2) is 0 Å². The molecule has 1 saturated heterocycles. The summed E-state index contributed by atoms with van der Waals surface area (Å²) in [4.78, 5) is 0. The number of rotatable bonds is 3. The fourth-order valence-corrected chi connectivity index (χ4v) is 5.95. The van der Waals surface area contributed by atoms with Crippen LogP contribution in [0.3, 0.4) is 0 Å². The zero-order chi connectivity index (χ0) is 17.4. The molecule has 3 saturated carbocycles. The van der Waals surface area contributed by atoms with Crippen LogP contribution in [0.2, 0.25) is 0 Å². The second kappa shape index (κ2) is 5.24. The van der Waals surface area contributed by atoms with Crippen LogP contribution < -0.4 is 10.5 Å². The second-order valence-corrected chi connectivity index (χ2v) is 9.28. The Kier molecular flexibility index (Phi) is 3.39. The number of benzene rings is 1. The topological polar surface area (TPSA) is 53.7 Å². The van der Waals surface area contributed by atoms with Crippen LogP contribution in [0, 0.1) is 17.3 Å². The molecule has 5 heteroatoms. The zero-order valence-electron chi connectivity index (χ0n) is 15.4. The third-order valence-electron chi connectivity index (χ3n) is 7.67. The van der Waals surface area contributed by atoms with E-state index in [9.17, 15) is 0 Å². The summed E-state index contributed by atoms with van der Waals surface area (Å²) in [5.74, 6) is 2.55. The van der Waals surface area contributed by atoms with Crippen LogP contribution in [0.1, 0.15) is 51.5 Å². The first-order valence-corrected chi connectivity index (χ1v) is 9.70. The normalized spacial score (nSPS) is 41.5. The number of nitrogens with two attached hydrogens (primary N) is 1. The molecule has 3 aliphatic carbocycles. The molecule has 4 nitrogen and oxygen atoms in total. The Morgan fingerprint density at radius 2 is 2.04 bits per heavy atom. The monoisotopic (exact) mass is 341 g/mol. The van der Waals surface area contributed by atoms with Gasteiger partial charge in [-0.2, -0.15) is 0 Å². The minimum atomic E-state index is -0.294. The van der Waals surface area contributed by atoms with Crippen molar-refractivity contribution in [2.75, 3.05) is 6.61 Å². The summed E-state index contributed by atoms with van der Waals surface area (Å²) in [5, 5.41) is 0. The summed E-state index contributed by atoms with van der Waals surface area (Å²) >= 11 is 0. The van der Waals surface area contributed by atoms with Gasteiger partial charge in [0, 0.05) is 17.4 Å². The molecule has 0 amide bonds. The maximum atomic E-state index is 6.55. The molecule has 2 heterocycles. The number of fused-ring (bicyclic) bond motifs is 1. The van der Waals surface area contributed by atoms with Crippen LogP contribution in [-0.4, -0.2) is 31.4 Å². The summed E-state index contributed by atoms with van der Waals surface area (Å²) in [6.07, 6.45) is 3.42. The summed E-state index contributed by atoms with van der Waals surface area (Å²) in [6, 6.07) is 8.27. The van der Waals surface area contributed by atoms with Crippen molar-refractivity contribution >= 4 is 7.12 Å². The van der Waals surface area contributed by atoms with Crippen LogP contribution in [0.5, 0.6) is 5.75 Å². The van der Waals surface area contributed by atoms with Gasteiger partial charge in [-0.15, -0.1) is 0 Å². The predicted octanol–water partition coefficient (Wildman–Crippen LogP) is 3.15. The summed E-state index contributed by atoms with van der Waals surface area (Å²) in [7, 11) is -0.294. The van der Waals surface area contributed by atoms with Crippen molar-refractivity contribution in [1.82, 2.24) is 0 Å². The third-order valence-corrected chi connectivity index (χ3v) is 7.67. The van der Waals surface area contributed by atoms with Crippen molar-refractivity contribution in [2.45, 2.75) is 63.6 Å². The zero-order valence-corrected chi connectivity index (χ0v) is 15.4. The van der Waals surface area contributed by atoms with Gasteiger partial charge in [0.05, 0.1) is 18.3 Å². The first-order chi connectivity index (χ1) is 11.9. The Morgan fingerprint density at radius 1 is 1.24 bits per heavy atom. The Hall–Kier alpha value is -1.04. The van der Waals surface area contributed by atoms with E-state index in [1.54, 1.807) is 0 Å². The lowest BCUT2D eigenvalue weighted by Gasteiger charge is -2.64. The molecule has 6 atom stereocenters. The minimum absolute atomic E-state index is 0.123. The first kappa shape index (κ1) is 16.2. The number of para-hydroxylation sites is 1. The van der Waals surface area contributed by atoms with E-state index >= 15 is 0 Å². The lowest BCUT2D eigenvalue weighted by Crippen LogP contribution is -2.65. The van der Waals surface area contributed by atoms with E-state index in [2.05, 4.69) is 32.9 Å². The number of hydrogen-bond acceptors (Lipinski definition) is 4. The van der Waals surface area contributed by atoms with E-state index in [1.165, 1.54) is 12.0 Å². The largest absolute Gasteiger partial charge is 0.493 e. The van der Waals surface area contributed by atoms with Crippen molar-refractivity contribution in [3.8, 4) is 5.75 Å². The van der Waals surface area contributed by atoms with Crippen molar-refractivity contribution in [3.63, 3.8) is 0 Å². The van der Waals surface area contributed by atoms with Gasteiger partial charge < -0.3 is 19.8 Å². The van der Waals surface area contributed by atoms with Crippen molar-refractivity contribution in [1.29, 1.82) is 0 Å². The summed E-state index contributed by atoms with van der Waals surface area (Å²) < 4.78 is 18.6. The van der Waals surface area contributed by atoms with Gasteiger partial charge in [0.25, 0.3) is 0 Å². The maximum absolute atomic E-state index is 6.55. The Morgan fingerprint density at radius 3 is 2.84 bits per heavy atom. The molecule has 6 rings (SSSR count).